The summed E-state index contributed by atoms with van der Waals surface area (Å²) in [6, 6.07) is 12.2. The van der Waals surface area contributed by atoms with Crippen LogP contribution in [0.2, 0.25) is 0 Å². The van der Waals surface area contributed by atoms with Gasteiger partial charge in [-0.05, 0) is 59.4 Å². The van der Waals surface area contributed by atoms with E-state index in [0.29, 0.717) is 0 Å². The highest BCUT2D eigenvalue weighted by Gasteiger charge is 2.05. The molecule has 0 unspecified atom stereocenters. The number of nitrogens with two attached hydrogens (primary N) is 2. The highest BCUT2D eigenvalue weighted by molar-refractivity contribution is 5.71. The van der Waals surface area contributed by atoms with E-state index in [4.69, 9.17) is 11.5 Å². The second-order valence-corrected chi connectivity index (χ2v) is 4.81. The Morgan fingerprint density at radius 3 is 1.50 bits per heavy atom. The van der Waals surface area contributed by atoms with Crippen molar-refractivity contribution >= 4 is 11.4 Å². The van der Waals surface area contributed by atoms with Gasteiger partial charge in [0.25, 0.3) is 0 Å². The maximum Gasteiger partial charge on any atom is 0.0350 e. The van der Waals surface area contributed by atoms with Gasteiger partial charge in [0.2, 0.25) is 0 Å². The number of nitrogen functional groups attached to an aromatic ring is 2. The lowest BCUT2D eigenvalue weighted by molar-refractivity contribution is 1.27. The molecule has 0 saturated heterocycles. The lowest BCUT2D eigenvalue weighted by Gasteiger charge is -2.10. The van der Waals surface area contributed by atoms with E-state index in [1.807, 2.05) is 36.4 Å². The normalized spacial score (nSPS) is 10.2. The van der Waals surface area contributed by atoms with Crippen LogP contribution >= 0.6 is 0 Å². The molecule has 0 amide bonds. The smallest absolute Gasteiger partial charge is 0.0350 e. The predicted octanol–water partition coefficient (Wildman–Crippen LogP) is 3.98. The minimum absolute atomic E-state index is 0.772. The fourth-order valence-electron chi connectivity index (χ4n) is 2.24. The predicted molar refractivity (Wildman–Crippen MR) is 88.5 cm³/mol. The van der Waals surface area contributed by atoms with Crippen LogP contribution in [-0.4, -0.2) is 0 Å². The molecule has 102 valence electrons. The molecule has 2 nitrogen and oxygen atoms in total. The van der Waals surface area contributed by atoms with Crippen molar-refractivity contribution in [3.05, 3.63) is 72.8 Å². The Kier molecular flexibility index (Phi) is 4.26. The molecule has 0 radical (unpaired) electrons. The van der Waals surface area contributed by atoms with Crippen molar-refractivity contribution in [3.63, 3.8) is 0 Å². The minimum atomic E-state index is 0.772. The van der Waals surface area contributed by atoms with E-state index in [-0.39, 0.29) is 0 Å². The van der Waals surface area contributed by atoms with Crippen molar-refractivity contribution < 1.29 is 0 Å². The van der Waals surface area contributed by atoms with Crippen molar-refractivity contribution in [2.45, 2.75) is 12.8 Å². The van der Waals surface area contributed by atoms with Crippen LogP contribution in [0.1, 0.15) is 11.1 Å². The van der Waals surface area contributed by atoms with Gasteiger partial charge in [0.05, 0.1) is 0 Å². The molecule has 0 aliphatic rings. The van der Waals surface area contributed by atoms with Gasteiger partial charge in [-0.15, -0.1) is 13.2 Å². The Labute approximate surface area is 120 Å². The Balaban J connectivity index is 2.45. The highest BCUT2D eigenvalue weighted by atomic mass is 14.6. The zero-order valence-electron chi connectivity index (χ0n) is 11.6. The van der Waals surface area contributed by atoms with Crippen molar-refractivity contribution in [2.24, 2.45) is 0 Å². The second kappa shape index (κ2) is 6.11. The number of hydrogen-bond acceptors (Lipinski definition) is 2. The van der Waals surface area contributed by atoms with Gasteiger partial charge in [0.15, 0.2) is 0 Å². The summed E-state index contributed by atoms with van der Waals surface area (Å²) < 4.78 is 0. The van der Waals surface area contributed by atoms with Crippen LogP contribution < -0.4 is 11.5 Å². The van der Waals surface area contributed by atoms with Crippen LogP contribution in [0.25, 0.3) is 11.1 Å². The zero-order valence-corrected chi connectivity index (χ0v) is 11.6. The van der Waals surface area contributed by atoms with Crippen molar-refractivity contribution in [1.82, 2.24) is 0 Å². The molecule has 0 spiro atoms. The first-order valence-corrected chi connectivity index (χ1v) is 6.64. The van der Waals surface area contributed by atoms with Crippen LogP contribution in [0, 0.1) is 0 Å². The van der Waals surface area contributed by atoms with Crippen LogP contribution in [0.15, 0.2) is 61.7 Å². The summed E-state index contributed by atoms with van der Waals surface area (Å²) in [5.74, 6) is 0. The molecular weight excluding hydrogens is 244 g/mol. The van der Waals surface area contributed by atoms with Gasteiger partial charge in [-0.3, -0.25) is 0 Å². The molecule has 0 fully saturated rings. The Bertz CT molecular complexity index is 584. The Morgan fingerprint density at radius 1 is 0.750 bits per heavy atom. The fourth-order valence-corrected chi connectivity index (χ4v) is 2.24. The van der Waals surface area contributed by atoms with E-state index in [9.17, 15) is 0 Å². The summed E-state index contributed by atoms with van der Waals surface area (Å²) in [7, 11) is 0. The van der Waals surface area contributed by atoms with Gasteiger partial charge in [0, 0.05) is 11.4 Å². The monoisotopic (exact) mass is 264 g/mol. The van der Waals surface area contributed by atoms with E-state index < -0.39 is 0 Å². The van der Waals surface area contributed by atoms with E-state index in [1.165, 1.54) is 0 Å². The van der Waals surface area contributed by atoms with Gasteiger partial charge in [-0.1, -0.05) is 24.3 Å². The topological polar surface area (TPSA) is 52.0 Å². The molecule has 2 rings (SSSR count). The van der Waals surface area contributed by atoms with Gasteiger partial charge in [-0.2, -0.15) is 0 Å². The van der Waals surface area contributed by atoms with Crippen molar-refractivity contribution in [1.29, 1.82) is 0 Å². The van der Waals surface area contributed by atoms with E-state index in [1.54, 1.807) is 0 Å². The summed E-state index contributed by atoms with van der Waals surface area (Å²) in [5.41, 5.74) is 18.0. The third kappa shape index (κ3) is 2.91. The maximum atomic E-state index is 5.97. The number of allylic oxidation sites excluding steroid dienone is 2. The second-order valence-electron chi connectivity index (χ2n) is 4.81. The van der Waals surface area contributed by atoms with Crippen LogP contribution in [-0.2, 0) is 12.8 Å². The standard InChI is InChI=1S/C18H20N2/c1-3-5-15-11-13(7-9-17(15)19)14-8-10-18(20)16(12-14)6-4-2/h3-4,7-12H,1-2,5-6,19-20H2. The van der Waals surface area contributed by atoms with Gasteiger partial charge >= 0.3 is 0 Å². The van der Waals surface area contributed by atoms with Crippen LogP contribution in [0.3, 0.4) is 0 Å². The maximum absolute atomic E-state index is 5.97. The number of benzene rings is 2. The molecule has 4 N–H and O–H groups in total. The summed E-state index contributed by atoms with van der Waals surface area (Å²) >= 11 is 0. The Morgan fingerprint density at radius 2 is 1.15 bits per heavy atom. The molecule has 2 heteroatoms. The number of rotatable bonds is 5. The summed E-state index contributed by atoms with van der Waals surface area (Å²) in [6.45, 7) is 7.53. The Hall–Kier alpha value is -2.48. The average molecular weight is 264 g/mol. The summed E-state index contributed by atoms with van der Waals surface area (Å²) in [6.07, 6.45) is 5.27. The molecule has 0 aromatic heterocycles. The lowest BCUT2D eigenvalue weighted by Crippen LogP contribution is -1.96. The third-order valence-electron chi connectivity index (χ3n) is 3.35. The first-order chi connectivity index (χ1) is 9.65. The van der Waals surface area contributed by atoms with Gasteiger partial charge in [0.1, 0.15) is 0 Å². The SMILES string of the molecule is C=CCc1cc(-c2ccc(N)c(CC=C)c2)ccc1N. The average Bonchev–Trinajstić information content (AvgIpc) is 2.44. The molecule has 0 atom stereocenters. The molecule has 20 heavy (non-hydrogen) atoms. The molecule has 2 aromatic carbocycles. The molecule has 2 aromatic rings. The molecule has 0 heterocycles. The van der Waals surface area contributed by atoms with Gasteiger partial charge < -0.3 is 11.5 Å². The minimum Gasteiger partial charge on any atom is -0.398 e. The quantitative estimate of drug-likeness (QED) is 0.634. The fraction of sp³-hybridized carbons (Fsp3) is 0.111. The summed E-state index contributed by atoms with van der Waals surface area (Å²) in [4.78, 5) is 0. The van der Waals surface area contributed by atoms with Gasteiger partial charge in [-0.25, -0.2) is 0 Å². The molecule has 0 aliphatic heterocycles. The first-order valence-electron chi connectivity index (χ1n) is 6.64. The molecular formula is C18H20N2. The van der Waals surface area contributed by atoms with E-state index >= 15 is 0 Å². The zero-order chi connectivity index (χ0) is 14.5. The molecule has 0 aliphatic carbocycles. The highest BCUT2D eigenvalue weighted by Crippen LogP contribution is 2.27. The lowest BCUT2D eigenvalue weighted by atomic mass is 9.97. The third-order valence-corrected chi connectivity index (χ3v) is 3.35. The van der Waals surface area contributed by atoms with Crippen LogP contribution in [0.5, 0.6) is 0 Å². The first kappa shape index (κ1) is 13.9. The van der Waals surface area contributed by atoms with E-state index in [2.05, 4.69) is 25.3 Å². The molecule has 0 saturated carbocycles. The largest absolute Gasteiger partial charge is 0.398 e. The number of anilines is 2. The van der Waals surface area contributed by atoms with Crippen molar-refractivity contribution in [3.8, 4) is 11.1 Å². The van der Waals surface area contributed by atoms with Crippen LogP contribution in [0.4, 0.5) is 11.4 Å². The van der Waals surface area contributed by atoms with E-state index in [0.717, 1.165) is 46.5 Å². The molecule has 0 bridgehead atoms. The summed E-state index contributed by atoms with van der Waals surface area (Å²) in [5, 5.41) is 0. The number of hydrogen-bond donors (Lipinski definition) is 2. The van der Waals surface area contributed by atoms with Crippen molar-refractivity contribution in [2.75, 3.05) is 11.5 Å².